The monoisotopic (exact) mass is 413 g/mol. The Labute approximate surface area is 174 Å². The van der Waals surface area contributed by atoms with Gasteiger partial charge >= 0.3 is 0 Å². The normalized spacial score (nSPS) is 25.1. The highest BCUT2D eigenvalue weighted by Gasteiger charge is 2.44. The van der Waals surface area contributed by atoms with Crippen LogP contribution in [0.3, 0.4) is 0 Å². The van der Waals surface area contributed by atoms with E-state index in [-0.39, 0.29) is 6.04 Å². The maximum absolute atomic E-state index is 10.3. The number of imidazole rings is 1. The number of nitrogens with one attached hydrogen (secondary N) is 1. The first-order valence-corrected chi connectivity index (χ1v) is 10.1. The summed E-state index contributed by atoms with van der Waals surface area (Å²) >= 11 is 0. The van der Waals surface area contributed by atoms with Gasteiger partial charge in [-0.1, -0.05) is 44.2 Å². The minimum Gasteiger partial charge on any atom is -0.394 e. The van der Waals surface area contributed by atoms with Gasteiger partial charge in [-0.2, -0.15) is 0 Å². The smallest absolute Gasteiger partial charge is 0.167 e. The van der Waals surface area contributed by atoms with Crippen LogP contribution in [0.25, 0.3) is 11.2 Å². The molecule has 0 radical (unpaired) electrons. The van der Waals surface area contributed by atoms with Crippen LogP contribution in [0.1, 0.15) is 25.6 Å². The number of anilines is 1. The Morgan fingerprint density at radius 1 is 1.10 bits per heavy atom. The topological polar surface area (TPSA) is 126 Å². The first-order valence-electron chi connectivity index (χ1n) is 10.1. The molecule has 3 aromatic rings. The first kappa shape index (κ1) is 20.7. The highest BCUT2D eigenvalue weighted by Crippen LogP contribution is 2.32. The van der Waals surface area contributed by atoms with E-state index in [1.165, 1.54) is 18.2 Å². The van der Waals surface area contributed by atoms with E-state index in [4.69, 9.17) is 4.74 Å². The lowest BCUT2D eigenvalue weighted by Crippen LogP contribution is -2.33. The summed E-state index contributed by atoms with van der Waals surface area (Å²) in [7, 11) is 0. The number of benzene rings is 1. The van der Waals surface area contributed by atoms with E-state index in [9.17, 15) is 15.3 Å². The summed E-state index contributed by atoms with van der Waals surface area (Å²) < 4.78 is 7.18. The fourth-order valence-electron chi connectivity index (χ4n) is 3.75. The molecule has 0 bridgehead atoms. The molecular formula is C21H27N5O4. The van der Waals surface area contributed by atoms with Crippen LogP contribution in [0.5, 0.6) is 0 Å². The van der Waals surface area contributed by atoms with E-state index in [2.05, 4.69) is 46.2 Å². The molecule has 0 spiro atoms. The molecule has 0 saturated carbocycles. The van der Waals surface area contributed by atoms with E-state index < -0.39 is 31.1 Å². The second-order valence-electron chi connectivity index (χ2n) is 7.96. The van der Waals surface area contributed by atoms with Crippen LogP contribution >= 0.6 is 0 Å². The molecular weight excluding hydrogens is 386 g/mol. The van der Waals surface area contributed by atoms with Crippen molar-refractivity contribution >= 4 is 17.0 Å². The number of aliphatic hydroxyl groups excluding tert-OH is 3. The lowest BCUT2D eigenvalue weighted by Gasteiger charge is -2.23. The third kappa shape index (κ3) is 3.89. The van der Waals surface area contributed by atoms with Crippen LogP contribution in [-0.2, 0) is 11.2 Å². The first-order chi connectivity index (χ1) is 14.5. The van der Waals surface area contributed by atoms with Crippen LogP contribution in [0.15, 0.2) is 43.0 Å². The summed E-state index contributed by atoms with van der Waals surface area (Å²) in [6, 6.07) is 10.4. The van der Waals surface area contributed by atoms with Gasteiger partial charge in [0.2, 0.25) is 0 Å². The molecule has 160 valence electrons. The van der Waals surface area contributed by atoms with E-state index in [1.54, 1.807) is 4.57 Å². The molecule has 4 N–H and O–H groups in total. The number of ether oxygens (including phenoxy) is 1. The molecule has 0 unspecified atom stereocenters. The molecule has 5 atom stereocenters. The Hall–Kier alpha value is -2.59. The zero-order chi connectivity index (χ0) is 21.3. The van der Waals surface area contributed by atoms with Gasteiger partial charge in [-0.3, -0.25) is 4.57 Å². The number of fused-ring (bicyclic) bond motifs is 1. The summed E-state index contributed by atoms with van der Waals surface area (Å²) in [6.45, 7) is 3.91. The standard InChI is InChI=1S/C21H27N5O4/c1-12(2)14(8-13-6-4-3-5-7-13)25-19-16-20(23-10-22-19)26(11-24-16)21-18(29)17(28)15(9-27)30-21/h3-7,10-12,14-15,17-18,21,27-29H,8-9H2,1-2H3,(H,22,23,25)/t14-,15+,17+,18+,21+/m0/s1. The van der Waals surface area contributed by atoms with Gasteiger partial charge in [0.25, 0.3) is 0 Å². The lowest BCUT2D eigenvalue weighted by atomic mass is 9.96. The number of aromatic nitrogens is 4. The zero-order valence-electron chi connectivity index (χ0n) is 17.0. The Morgan fingerprint density at radius 2 is 1.87 bits per heavy atom. The average Bonchev–Trinajstić information content (AvgIpc) is 3.30. The van der Waals surface area contributed by atoms with Gasteiger partial charge in [0.05, 0.1) is 12.9 Å². The van der Waals surface area contributed by atoms with E-state index >= 15 is 0 Å². The van der Waals surface area contributed by atoms with Crippen molar-refractivity contribution in [2.24, 2.45) is 5.92 Å². The van der Waals surface area contributed by atoms with Gasteiger partial charge < -0.3 is 25.4 Å². The molecule has 0 amide bonds. The van der Waals surface area contributed by atoms with Crippen LogP contribution in [0.2, 0.25) is 0 Å². The molecule has 30 heavy (non-hydrogen) atoms. The Morgan fingerprint density at radius 3 is 2.53 bits per heavy atom. The number of aliphatic hydroxyl groups is 3. The molecule has 4 rings (SSSR count). The molecule has 9 heteroatoms. The molecule has 2 aromatic heterocycles. The molecule has 1 fully saturated rings. The highest BCUT2D eigenvalue weighted by molar-refractivity contribution is 5.82. The van der Waals surface area contributed by atoms with Crippen molar-refractivity contribution in [1.29, 1.82) is 0 Å². The second kappa shape index (κ2) is 8.65. The fourth-order valence-corrected chi connectivity index (χ4v) is 3.75. The largest absolute Gasteiger partial charge is 0.394 e. The maximum atomic E-state index is 10.3. The summed E-state index contributed by atoms with van der Waals surface area (Å²) in [4.78, 5) is 13.1. The second-order valence-corrected chi connectivity index (χ2v) is 7.96. The van der Waals surface area contributed by atoms with Crippen molar-refractivity contribution in [1.82, 2.24) is 19.5 Å². The SMILES string of the molecule is CC(C)[C@H](Cc1ccccc1)Nc1ncnc2c1ncn2[C@@H]1O[C@H](CO)[C@@H](O)[C@H]1O. The Kier molecular flexibility index (Phi) is 5.96. The van der Waals surface area contributed by atoms with E-state index in [0.29, 0.717) is 22.9 Å². The minimum absolute atomic E-state index is 0.129. The summed E-state index contributed by atoms with van der Waals surface area (Å²) in [5.41, 5.74) is 2.25. The van der Waals surface area contributed by atoms with E-state index in [1.807, 2.05) is 18.2 Å². The molecule has 3 heterocycles. The molecule has 0 aliphatic carbocycles. The third-order valence-corrected chi connectivity index (χ3v) is 5.58. The average molecular weight is 413 g/mol. The zero-order valence-corrected chi connectivity index (χ0v) is 17.0. The minimum atomic E-state index is -1.20. The number of hydrogen-bond donors (Lipinski definition) is 4. The van der Waals surface area contributed by atoms with Gasteiger partial charge in [0, 0.05) is 6.04 Å². The van der Waals surface area contributed by atoms with Crippen molar-refractivity contribution in [3.05, 3.63) is 48.5 Å². The molecule has 1 saturated heterocycles. The molecule has 1 aliphatic rings. The number of hydrogen-bond acceptors (Lipinski definition) is 8. The summed E-state index contributed by atoms with van der Waals surface area (Å²) in [6.07, 6.45) is -0.371. The quantitative estimate of drug-likeness (QED) is 0.454. The predicted molar refractivity (Wildman–Crippen MR) is 111 cm³/mol. The van der Waals surface area contributed by atoms with Gasteiger partial charge in [-0.25, -0.2) is 15.0 Å². The molecule has 9 nitrogen and oxygen atoms in total. The van der Waals surface area contributed by atoms with Gasteiger partial charge in [-0.15, -0.1) is 0 Å². The maximum Gasteiger partial charge on any atom is 0.167 e. The Bertz CT molecular complexity index is 980. The van der Waals surface area contributed by atoms with Gasteiger partial charge in [0.1, 0.15) is 24.6 Å². The number of nitrogens with zero attached hydrogens (tertiary/aromatic N) is 4. The molecule has 1 aromatic carbocycles. The highest BCUT2D eigenvalue weighted by atomic mass is 16.6. The third-order valence-electron chi connectivity index (χ3n) is 5.58. The summed E-state index contributed by atoms with van der Waals surface area (Å²) in [5.74, 6) is 0.942. The van der Waals surface area contributed by atoms with Crippen molar-refractivity contribution in [3.8, 4) is 0 Å². The lowest BCUT2D eigenvalue weighted by molar-refractivity contribution is -0.0511. The van der Waals surface area contributed by atoms with Crippen molar-refractivity contribution < 1.29 is 20.1 Å². The van der Waals surface area contributed by atoms with Crippen LogP contribution in [0.4, 0.5) is 5.82 Å². The van der Waals surface area contributed by atoms with Crippen LogP contribution < -0.4 is 5.32 Å². The van der Waals surface area contributed by atoms with Crippen LogP contribution in [-0.4, -0.2) is 65.8 Å². The summed E-state index contributed by atoms with van der Waals surface area (Å²) in [5, 5.41) is 33.2. The van der Waals surface area contributed by atoms with E-state index in [0.717, 1.165) is 6.42 Å². The number of rotatable bonds is 7. The van der Waals surface area contributed by atoms with Crippen molar-refractivity contribution in [2.45, 2.75) is 50.8 Å². The van der Waals surface area contributed by atoms with Gasteiger partial charge in [-0.05, 0) is 17.9 Å². The fraction of sp³-hybridized carbons (Fsp3) is 0.476. The van der Waals surface area contributed by atoms with Crippen molar-refractivity contribution in [3.63, 3.8) is 0 Å². The van der Waals surface area contributed by atoms with Crippen LogP contribution in [0, 0.1) is 5.92 Å². The molecule has 1 aliphatic heterocycles. The Balaban J connectivity index is 1.61. The predicted octanol–water partition coefficient (Wildman–Crippen LogP) is 1.12. The van der Waals surface area contributed by atoms with Gasteiger partial charge in [0.15, 0.2) is 23.2 Å². The van der Waals surface area contributed by atoms with Crippen molar-refractivity contribution in [2.75, 3.05) is 11.9 Å².